The van der Waals surface area contributed by atoms with Crippen LogP contribution in [0.1, 0.15) is 17.3 Å². The highest BCUT2D eigenvalue weighted by Crippen LogP contribution is 2.33. The van der Waals surface area contributed by atoms with E-state index in [-0.39, 0.29) is 22.1 Å². The molecular weight excluding hydrogens is 195 g/mol. The summed E-state index contributed by atoms with van der Waals surface area (Å²) in [6.07, 6.45) is -0.608. The number of ketones is 1. The topological polar surface area (TPSA) is 26.3 Å². The van der Waals surface area contributed by atoms with Crippen LogP contribution in [0, 0.1) is 5.82 Å². The summed E-state index contributed by atoms with van der Waals surface area (Å²) in [5, 5.41) is 0.210. The van der Waals surface area contributed by atoms with Crippen molar-refractivity contribution in [1.29, 1.82) is 0 Å². The van der Waals surface area contributed by atoms with E-state index in [1.165, 1.54) is 6.07 Å². The molecule has 1 unspecified atom stereocenters. The molecule has 1 aliphatic heterocycles. The molecule has 0 radical (unpaired) electrons. The molecule has 0 aromatic heterocycles. The quantitative estimate of drug-likeness (QED) is 0.643. The van der Waals surface area contributed by atoms with Crippen LogP contribution in [0.5, 0.6) is 5.75 Å². The number of fused-ring (bicyclic) bond motifs is 1. The van der Waals surface area contributed by atoms with Gasteiger partial charge in [0.05, 0.1) is 5.56 Å². The third-order valence-corrected chi connectivity index (χ3v) is 2.16. The molecule has 0 spiro atoms. The average molecular weight is 201 g/mol. The van der Waals surface area contributed by atoms with Crippen LogP contribution in [0.4, 0.5) is 4.39 Å². The Bertz CT molecular complexity index is 389. The summed E-state index contributed by atoms with van der Waals surface area (Å²) in [4.78, 5) is 11.4. The molecule has 1 aromatic carbocycles. The van der Waals surface area contributed by atoms with Gasteiger partial charge in [-0.1, -0.05) is 11.6 Å². The van der Waals surface area contributed by atoms with Crippen LogP contribution in [0.2, 0.25) is 5.02 Å². The van der Waals surface area contributed by atoms with E-state index in [9.17, 15) is 9.18 Å². The summed E-state index contributed by atoms with van der Waals surface area (Å²) in [6.45, 7) is 1.58. The average Bonchev–Trinajstić information content (AvgIpc) is 2.32. The van der Waals surface area contributed by atoms with Crippen molar-refractivity contribution in [3.8, 4) is 5.75 Å². The van der Waals surface area contributed by atoms with Crippen molar-refractivity contribution in [2.24, 2.45) is 0 Å². The van der Waals surface area contributed by atoms with E-state index in [0.717, 1.165) is 6.07 Å². The lowest BCUT2D eigenvalue weighted by molar-refractivity contribution is 0.0876. The zero-order valence-corrected chi connectivity index (χ0v) is 7.56. The van der Waals surface area contributed by atoms with Crippen molar-refractivity contribution in [3.05, 3.63) is 28.5 Å². The molecule has 0 saturated carbocycles. The maximum absolute atomic E-state index is 13.1. The number of carbonyl (C=O) groups is 1. The Balaban J connectivity index is 2.64. The smallest absolute Gasteiger partial charge is 0.206 e. The molecule has 0 aliphatic carbocycles. The molecule has 2 nitrogen and oxygen atoms in total. The lowest BCUT2D eigenvalue weighted by Crippen LogP contribution is -2.14. The van der Waals surface area contributed by atoms with Gasteiger partial charge in [-0.25, -0.2) is 4.39 Å². The summed E-state index contributed by atoms with van der Waals surface area (Å²) < 4.78 is 18.2. The minimum absolute atomic E-state index is 0.0156. The van der Waals surface area contributed by atoms with Gasteiger partial charge < -0.3 is 4.74 Å². The van der Waals surface area contributed by atoms with Crippen molar-refractivity contribution >= 4 is 17.4 Å². The van der Waals surface area contributed by atoms with Gasteiger partial charge in [-0.3, -0.25) is 4.79 Å². The van der Waals surface area contributed by atoms with E-state index in [1.54, 1.807) is 6.92 Å². The Labute approximate surface area is 79.3 Å². The number of hydrogen-bond donors (Lipinski definition) is 0. The number of rotatable bonds is 0. The van der Waals surface area contributed by atoms with Crippen molar-refractivity contribution in [3.63, 3.8) is 0 Å². The van der Waals surface area contributed by atoms with Gasteiger partial charge in [0.1, 0.15) is 0 Å². The molecule has 0 amide bonds. The molecule has 0 saturated heterocycles. The van der Waals surface area contributed by atoms with E-state index in [4.69, 9.17) is 16.3 Å². The van der Waals surface area contributed by atoms with Crippen LogP contribution in [0.3, 0.4) is 0 Å². The third-order valence-electron chi connectivity index (χ3n) is 1.94. The van der Waals surface area contributed by atoms with Gasteiger partial charge in [-0.2, -0.15) is 0 Å². The molecule has 0 fully saturated rings. The monoisotopic (exact) mass is 200 g/mol. The number of carbonyl (C=O) groups excluding carboxylic acids is 1. The van der Waals surface area contributed by atoms with Crippen LogP contribution in [0.15, 0.2) is 12.1 Å². The Morgan fingerprint density at radius 3 is 2.92 bits per heavy atom. The maximum Gasteiger partial charge on any atom is 0.206 e. The minimum atomic E-state index is -0.608. The third kappa shape index (κ3) is 1.20. The number of benzene rings is 1. The van der Waals surface area contributed by atoms with Gasteiger partial charge in [-0.15, -0.1) is 0 Å². The second kappa shape index (κ2) is 2.70. The van der Waals surface area contributed by atoms with Gasteiger partial charge in [0.2, 0.25) is 5.78 Å². The molecule has 2 rings (SSSR count). The molecule has 1 atom stereocenters. The zero-order chi connectivity index (χ0) is 9.59. The molecule has 1 heterocycles. The van der Waals surface area contributed by atoms with Crippen molar-refractivity contribution in [2.75, 3.05) is 0 Å². The molecule has 13 heavy (non-hydrogen) atoms. The van der Waals surface area contributed by atoms with E-state index < -0.39 is 11.9 Å². The van der Waals surface area contributed by atoms with E-state index in [0.29, 0.717) is 0 Å². The highest BCUT2D eigenvalue weighted by molar-refractivity contribution is 6.31. The van der Waals surface area contributed by atoms with Crippen LogP contribution in [0.25, 0.3) is 0 Å². The number of Topliss-reactive ketones (excluding diaryl/α,β-unsaturated/α-hetero) is 1. The van der Waals surface area contributed by atoms with Gasteiger partial charge in [0.25, 0.3) is 0 Å². The first kappa shape index (κ1) is 8.51. The predicted octanol–water partition coefficient (Wildman–Crippen LogP) is 2.44. The highest BCUT2D eigenvalue weighted by Gasteiger charge is 2.31. The van der Waals surface area contributed by atoms with Gasteiger partial charge in [0, 0.05) is 5.02 Å². The first-order valence-corrected chi connectivity index (χ1v) is 4.17. The van der Waals surface area contributed by atoms with E-state index in [2.05, 4.69) is 0 Å². The maximum atomic E-state index is 13.1. The highest BCUT2D eigenvalue weighted by atomic mass is 35.5. The summed E-state index contributed by atoms with van der Waals surface area (Å²) in [6, 6.07) is 2.55. The van der Waals surface area contributed by atoms with Crippen LogP contribution in [-0.4, -0.2) is 11.9 Å². The molecule has 1 aliphatic rings. The largest absolute Gasteiger partial charge is 0.479 e. The standard InChI is InChI=1S/C9H6ClFO2/c1-4-8(12)6-2-5(10)3-7(11)9(6)13-4/h2-4H,1H3. The van der Waals surface area contributed by atoms with Crippen molar-refractivity contribution in [2.45, 2.75) is 13.0 Å². The number of ether oxygens (including phenoxy) is 1. The van der Waals surface area contributed by atoms with Gasteiger partial charge in [0.15, 0.2) is 17.7 Å². The number of hydrogen-bond acceptors (Lipinski definition) is 2. The number of halogens is 2. The molecule has 68 valence electrons. The Kier molecular flexibility index (Phi) is 1.77. The zero-order valence-electron chi connectivity index (χ0n) is 6.80. The summed E-state index contributed by atoms with van der Waals surface area (Å²) in [5.74, 6) is -0.793. The van der Waals surface area contributed by atoms with Gasteiger partial charge in [-0.05, 0) is 19.1 Å². The summed E-state index contributed by atoms with van der Waals surface area (Å²) in [7, 11) is 0. The van der Waals surface area contributed by atoms with Crippen molar-refractivity contribution in [1.82, 2.24) is 0 Å². The fourth-order valence-electron chi connectivity index (χ4n) is 1.31. The van der Waals surface area contributed by atoms with E-state index >= 15 is 0 Å². The Morgan fingerprint density at radius 2 is 2.23 bits per heavy atom. The van der Waals surface area contributed by atoms with Crippen LogP contribution in [-0.2, 0) is 0 Å². The van der Waals surface area contributed by atoms with Crippen LogP contribution < -0.4 is 4.74 Å². The fourth-order valence-corrected chi connectivity index (χ4v) is 1.52. The first-order chi connectivity index (χ1) is 6.09. The van der Waals surface area contributed by atoms with Crippen molar-refractivity contribution < 1.29 is 13.9 Å². The lowest BCUT2D eigenvalue weighted by atomic mass is 10.1. The fraction of sp³-hybridized carbons (Fsp3) is 0.222. The Hall–Kier alpha value is -1.09. The molecular formula is C9H6ClFO2. The van der Waals surface area contributed by atoms with Gasteiger partial charge >= 0.3 is 0 Å². The molecule has 1 aromatic rings. The normalized spacial score (nSPS) is 19.9. The Morgan fingerprint density at radius 1 is 1.54 bits per heavy atom. The predicted molar refractivity (Wildman–Crippen MR) is 45.8 cm³/mol. The first-order valence-electron chi connectivity index (χ1n) is 3.79. The second-order valence-electron chi connectivity index (χ2n) is 2.89. The molecule has 0 N–H and O–H groups in total. The summed E-state index contributed by atoms with van der Waals surface area (Å²) in [5.41, 5.74) is 0.234. The summed E-state index contributed by atoms with van der Waals surface area (Å²) >= 11 is 5.59. The van der Waals surface area contributed by atoms with Crippen LogP contribution >= 0.6 is 11.6 Å². The molecule has 4 heteroatoms. The second-order valence-corrected chi connectivity index (χ2v) is 3.33. The SMILES string of the molecule is CC1Oc2c(F)cc(Cl)cc2C1=O. The van der Waals surface area contributed by atoms with E-state index in [1.807, 2.05) is 0 Å². The minimum Gasteiger partial charge on any atom is -0.479 e. The lowest BCUT2D eigenvalue weighted by Gasteiger charge is -2.01. The molecule has 0 bridgehead atoms.